The summed E-state index contributed by atoms with van der Waals surface area (Å²) in [7, 11) is 0. The number of hydrogen-bond donors (Lipinski definition) is 1. The highest BCUT2D eigenvalue weighted by atomic mass is 16.5. The molecule has 2 rings (SSSR count). The van der Waals surface area contributed by atoms with Crippen molar-refractivity contribution >= 4 is 17.8 Å². The lowest BCUT2D eigenvalue weighted by Crippen LogP contribution is -2.39. The summed E-state index contributed by atoms with van der Waals surface area (Å²) in [6.45, 7) is 0.912. The number of aromatic nitrogens is 1. The Kier molecular flexibility index (Phi) is 2.77. The molecule has 0 aliphatic carbocycles. The van der Waals surface area contributed by atoms with Crippen LogP contribution in [0.3, 0.4) is 0 Å². The van der Waals surface area contributed by atoms with Crippen molar-refractivity contribution in [3.8, 4) is 0 Å². The van der Waals surface area contributed by atoms with Crippen molar-refractivity contribution in [3.05, 3.63) is 17.8 Å². The molecule has 8 heteroatoms. The molecule has 90 valence electrons. The molecule has 0 spiro atoms. The predicted octanol–water partition coefficient (Wildman–Crippen LogP) is -0.412. The van der Waals surface area contributed by atoms with Gasteiger partial charge in [0.25, 0.3) is 17.7 Å². The van der Waals surface area contributed by atoms with E-state index in [9.17, 15) is 9.59 Å². The number of carbonyl (C=O) groups excluding carboxylic acids is 1. The van der Waals surface area contributed by atoms with Gasteiger partial charge >= 0.3 is 5.97 Å². The normalized spacial score (nSPS) is 15.5. The van der Waals surface area contributed by atoms with Gasteiger partial charge in [-0.3, -0.25) is 9.59 Å². The number of amides is 1. The lowest BCUT2D eigenvalue weighted by molar-refractivity contribution is -0.146. The molecule has 1 aliphatic heterocycles. The molecule has 0 aromatic carbocycles. The Morgan fingerprint density at radius 2 is 2.41 bits per heavy atom. The number of carboxylic acid groups (broad SMARTS) is 1. The van der Waals surface area contributed by atoms with Gasteiger partial charge in [-0.05, 0) is 6.92 Å². The van der Waals surface area contributed by atoms with Crippen LogP contribution in [0.5, 0.6) is 0 Å². The van der Waals surface area contributed by atoms with Crippen molar-refractivity contribution < 1.29 is 23.8 Å². The summed E-state index contributed by atoms with van der Waals surface area (Å²) in [6, 6.07) is 0. The van der Waals surface area contributed by atoms with Crippen LogP contribution in [0.15, 0.2) is 15.8 Å². The van der Waals surface area contributed by atoms with E-state index < -0.39 is 18.4 Å². The van der Waals surface area contributed by atoms with Crippen LogP contribution in [0.25, 0.3) is 0 Å². The van der Waals surface area contributed by atoms with Crippen molar-refractivity contribution in [1.29, 1.82) is 0 Å². The molecule has 0 unspecified atom stereocenters. The third kappa shape index (κ3) is 2.41. The predicted molar refractivity (Wildman–Crippen MR) is 53.1 cm³/mol. The topological polar surface area (TPSA) is 105 Å². The van der Waals surface area contributed by atoms with Gasteiger partial charge in [0.1, 0.15) is 12.8 Å². The van der Waals surface area contributed by atoms with E-state index in [1.54, 1.807) is 6.92 Å². The zero-order valence-corrected chi connectivity index (χ0v) is 8.91. The maximum Gasteiger partial charge on any atom is 0.325 e. The summed E-state index contributed by atoms with van der Waals surface area (Å²) < 4.78 is 10.1. The first-order chi connectivity index (χ1) is 8.06. The van der Waals surface area contributed by atoms with Crippen molar-refractivity contribution in [1.82, 2.24) is 9.99 Å². The number of carbonyl (C=O) groups is 2. The summed E-state index contributed by atoms with van der Waals surface area (Å²) in [4.78, 5) is 25.8. The van der Waals surface area contributed by atoms with Gasteiger partial charge in [0, 0.05) is 0 Å². The highest BCUT2D eigenvalue weighted by molar-refractivity contribution is 5.95. The molecule has 0 saturated heterocycles. The number of carboxylic acids is 1. The zero-order valence-electron chi connectivity index (χ0n) is 8.91. The maximum atomic E-state index is 11.3. The van der Waals surface area contributed by atoms with Gasteiger partial charge in [0.05, 0.1) is 5.69 Å². The first kappa shape index (κ1) is 11.1. The van der Waals surface area contributed by atoms with Crippen molar-refractivity contribution in [3.63, 3.8) is 0 Å². The minimum absolute atomic E-state index is 0.000972. The molecule has 0 atom stereocenters. The minimum Gasteiger partial charge on any atom is -0.480 e. The Balaban J connectivity index is 2.23. The Morgan fingerprint density at radius 1 is 1.65 bits per heavy atom. The van der Waals surface area contributed by atoms with Crippen LogP contribution in [0.1, 0.15) is 11.6 Å². The summed E-state index contributed by atoms with van der Waals surface area (Å²) >= 11 is 0. The molecule has 1 aromatic rings. The van der Waals surface area contributed by atoms with Crippen LogP contribution >= 0.6 is 0 Å². The van der Waals surface area contributed by atoms with Crippen molar-refractivity contribution in [2.24, 2.45) is 5.10 Å². The summed E-state index contributed by atoms with van der Waals surface area (Å²) in [6.07, 6.45) is 1.40. The molecule has 17 heavy (non-hydrogen) atoms. The maximum absolute atomic E-state index is 11.3. The number of hydrogen-bond acceptors (Lipinski definition) is 6. The second kappa shape index (κ2) is 4.24. The third-order valence-electron chi connectivity index (χ3n) is 1.92. The largest absolute Gasteiger partial charge is 0.480 e. The van der Waals surface area contributed by atoms with Crippen LogP contribution < -0.4 is 0 Å². The lowest BCUT2D eigenvalue weighted by Gasteiger charge is -2.20. The molecule has 1 aromatic heterocycles. The highest BCUT2D eigenvalue weighted by Crippen LogP contribution is 2.09. The Bertz CT molecular complexity index is 493. The quantitative estimate of drug-likeness (QED) is 0.768. The average Bonchev–Trinajstić information content (AvgIpc) is 2.67. The SMILES string of the molecule is Cc1coc(C2=NN(CC(=O)O)C(=O)CO2)n1. The molecule has 2 heterocycles. The minimum atomic E-state index is -1.16. The van der Waals surface area contributed by atoms with E-state index in [-0.39, 0.29) is 18.4 Å². The van der Waals surface area contributed by atoms with Crippen LogP contribution in [-0.4, -0.2) is 46.0 Å². The van der Waals surface area contributed by atoms with Gasteiger partial charge in [-0.2, -0.15) is 0 Å². The zero-order chi connectivity index (χ0) is 12.4. The Labute approximate surface area is 95.5 Å². The molecule has 0 fully saturated rings. The van der Waals surface area contributed by atoms with E-state index in [0.717, 1.165) is 5.01 Å². The number of aryl methyl sites for hydroxylation is 1. The van der Waals surface area contributed by atoms with Gasteiger partial charge in [0.2, 0.25) is 0 Å². The highest BCUT2D eigenvalue weighted by Gasteiger charge is 2.26. The number of ether oxygens (including phenoxy) is 1. The lowest BCUT2D eigenvalue weighted by atomic mass is 10.5. The summed E-state index contributed by atoms with van der Waals surface area (Å²) in [5.41, 5.74) is 0.632. The molecule has 0 saturated carbocycles. The first-order valence-corrected chi connectivity index (χ1v) is 4.72. The van der Waals surface area contributed by atoms with E-state index in [2.05, 4.69) is 10.1 Å². The van der Waals surface area contributed by atoms with Gasteiger partial charge in [-0.15, -0.1) is 5.10 Å². The fourth-order valence-electron chi connectivity index (χ4n) is 1.21. The monoisotopic (exact) mass is 239 g/mol. The van der Waals surface area contributed by atoms with Gasteiger partial charge in [-0.25, -0.2) is 9.99 Å². The molecule has 1 N–H and O–H groups in total. The Morgan fingerprint density at radius 3 is 3.00 bits per heavy atom. The number of nitrogens with zero attached hydrogens (tertiary/aromatic N) is 3. The molecule has 0 radical (unpaired) electrons. The standard InChI is InChI=1S/C9H9N3O5/c1-5-3-16-8(10-5)9-11-12(2-7(14)15)6(13)4-17-9/h3H,2,4H2,1H3,(H,14,15). The van der Waals surface area contributed by atoms with Gasteiger partial charge in [-0.1, -0.05) is 0 Å². The van der Waals surface area contributed by atoms with Crippen LogP contribution in [0.4, 0.5) is 0 Å². The van der Waals surface area contributed by atoms with Crippen LogP contribution in [-0.2, 0) is 14.3 Å². The molecule has 0 bridgehead atoms. The van der Waals surface area contributed by atoms with E-state index >= 15 is 0 Å². The number of aliphatic carboxylic acids is 1. The molecule has 1 amide bonds. The van der Waals surface area contributed by atoms with E-state index in [1.165, 1.54) is 6.26 Å². The average molecular weight is 239 g/mol. The number of hydrazone groups is 1. The fourth-order valence-corrected chi connectivity index (χ4v) is 1.21. The molecular formula is C9H9N3O5. The van der Waals surface area contributed by atoms with E-state index in [1.807, 2.05) is 0 Å². The first-order valence-electron chi connectivity index (χ1n) is 4.72. The fraction of sp³-hybridized carbons (Fsp3) is 0.333. The third-order valence-corrected chi connectivity index (χ3v) is 1.92. The van der Waals surface area contributed by atoms with E-state index in [4.69, 9.17) is 14.3 Å². The molecular weight excluding hydrogens is 230 g/mol. The van der Waals surface area contributed by atoms with Gasteiger partial charge in [0.15, 0.2) is 6.61 Å². The number of oxazole rings is 1. The van der Waals surface area contributed by atoms with E-state index in [0.29, 0.717) is 5.69 Å². The second-order valence-electron chi connectivity index (χ2n) is 3.33. The van der Waals surface area contributed by atoms with Crippen LogP contribution in [0, 0.1) is 6.92 Å². The molecule has 1 aliphatic rings. The molecule has 8 nitrogen and oxygen atoms in total. The summed E-state index contributed by atoms with van der Waals surface area (Å²) in [5, 5.41) is 13.1. The van der Waals surface area contributed by atoms with Crippen molar-refractivity contribution in [2.75, 3.05) is 13.2 Å². The summed E-state index contributed by atoms with van der Waals surface area (Å²) in [5.74, 6) is -1.57. The Hall–Kier alpha value is -2.38. The van der Waals surface area contributed by atoms with Gasteiger partial charge < -0.3 is 14.3 Å². The second-order valence-corrected chi connectivity index (χ2v) is 3.33. The van der Waals surface area contributed by atoms with Crippen LogP contribution in [0.2, 0.25) is 0 Å². The smallest absolute Gasteiger partial charge is 0.325 e. The number of rotatable bonds is 3. The van der Waals surface area contributed by atoms with Crippen molar-refractivity contribution in [2.45, 2.75) is 6.92 Å².